The van der Waals surface area contributed by atoms with Crippen LogP contribution in [0.5, 0.6) is 5.75 Å². The van der Waals surface area contributed by atoms with E-state index in [1.807, 2.05) is 25.1 Å². The third-order valence-electron chi connectivity index (χ3n) is 3.69. The van der Waals surface area contributed by atoms with Crippen molar-refractivity contribution in [3.8, 4) is 5.75 Å². The molecule has 0 aliphatic rings. The van der Waals surface area contributed by atoms with Crippen molar-refractivity contribution in [2.75, 3.05) is 7.11 Å². The van der Waals surface area contributed by atoms with E-state index in [9.17, 15) is 4.79 Å². The molecule has 2 rings (SSSR count). The summed E-state index contributed by atoms with van der Waals surface area (Å²) in [6.45, 7) is 8.28. The summed E-state index contributed by atoms with van der Waals surface area (Å²) in [5.41, 5.74) is 0.00202. The van der Waals surface area contributed by atoms with Gasteiger partial charge in [-0.3, -0.25) is 4.79 Å². The number of carbonyl (C=O) groups excluding carboxylic acids is 1. The molecule has 0 spiro atoms. The first-order valence-corrected chi connectivity index (χ1v) is 8.00. The molecule has 0 aliphatic heterocycles. The molecule has 1 unspecified atom stereocenters. The van der Waals surface area contributed by atoms with Crippen molar-refractivity contribution in [3.05, 3.63) is 28.1 Å². The highest BCUT2D eigenvalue weighted by Gasteiger charge is 2.24. The van der Waals surface area contributed by atoms with Gasteiger partial charge in [-0.25, -0.2) is 0 Å². The first-order valence-electron chi connectivity index (χ1n) is 6.81. The van der Waals surface area contributed by atoms with Crippen molar-refractivity contribution in [2.24, 2.45) is 5.41 Å². The second-order valence-electron chi connectivity index (χ2n) is 6.17. The molecule has 21 heavy (non-hydrogen) atoms. The van der Waals surface area contributed by atoms with Gasteiger partial charge in [0.2, 0.25) is 0 Å². The largest absolute Gasteiger partial charge is 0.497 e. The molecule has 0 fully saturated rings. The fourth-order valence-corrected chi connectivity index (χ4v) is 3.25. The van der Waals surface area contributed by atoms with Gasteiger partial charge in [-0.1, -0.05) is 32.4 Å². The number of carbonyl (C=O) groups is 1. The van der Waals surface area contributed by atoms with E-state index < -0.39 is 0 Å². The predicted molar refractivity (Wildman–Crippen MR) is 89.8 cm³/mol. The quantitative estimate of drug-likeness (QED) is 0.886. The number of hydrogen-bond donors (Lipinski definition) is 1. The molecule has 1 aromatic heterocycles. The summed E-state index contributed by atoms with van der Waals surface area (Å²) < 4.78 is 6.16. The standard InChI is InChI=1S/C16H20ClNO2S/c1-9(16(2,3)4)18-15(19)14-13(17)11-7-6-10(20-5)8-12(11)21-14/h6-9H,1-5H3,(H,18,19). The Morgan fingerprint density at radius 2 is 2.05 bits per heavy atom. The molecule has 1 atom stereocenters. The number of halogens is 1. The van der Waals surface area contributed by atoms with E-state index in [1.54, 1.807) is 7.11 Å². The highest BCUT2D eigenvalue weighted by molar-refractivity contribution is 7.21. The Balaban J connectivity index is 2.34. The third kappa shape index (κ3) is 3.33. The Labute approximate surface area is 134 Å². The lowest BCUT2D eigenvalue weighted by atomic mass is 9.88. The second-order valence-corrected chi connectivity index (χ2v) is 7.60. The first-order chi connectivity index (χ1) is 9.74. The highest BCUT2D eigenvalue weighted by atomic mass is 35.5. The van der Waals surface area contributed by atoms with Crippen molar-refractivity contribution >= 4 is 38.9 Å². The number of ether oxygens (including phenoxy) is 1. The van der Waals surface area contributed by atoms with Gasteiger partial charge in [0.05, 0.1) is 12.1 Å². The maximum absolute atomic E-state index is 12.4. The highest BCUT2D eigenvalue weighted by Crippen LogP contribution is 2.37. The zero-order chi connectivity index (χ0) is 15.8. The molecule has 1 aromatic carbocycles. The average molecular weight is 326 g/mol. The van der Waals surface area contributed by atoms with Gasteiger partial charge in [-0.05, 0) is 30.5 Å². The lowest BCUT2D eigenvalue weighted by Crippen LogP contribution is -2.41. The van der Waals surface area contributed by atoms with Gasteiger partial charge >= 0.3 is 0 Å². The minimum atomic E-state index is -0.123. The van der Waals surface area contributed by atoms with Crippen LogP contribution in [0.25, 0.3) is 10.1 Å². The monoisotopic (exact) mass is 325 g/mol. The predicted octanol–water partition coefficient (Wildman–Crippen LogP) is 4.73. The van der Waals surface area contributed by atoms with Crippen LogP contribution in [0.4, 0.5) is 0 Å². The van der Waals surface area contributed by atoms with Crippen LogP contribution < -0.4 is 10.1 Å². The summed E-state index contributed by atoms with van der Waals surface area (Å²) in [6.07, 6.45) is 0. The summed E-state index contributed by atoms with van der Waals surface area (Å²) >= 11 is 7.74. The third-order valence-corrected chi connectivity index (χ3v) is 5.35. The van der Waals surface area contributed by atoms with Crippen LogP contribution >= 0.6 is 22.9 Å². The van der Waals surface area contributed by atoms with Crippen molar-refractivity contribution in [1.29, 1.82) is 0 Å². The van der Waals surface area contributed by atoms with Crippen LogP contribution in [0.2, 0.25) is 5.02 Å². The number of thiophene rings is 1. The van der Waals surface area contributed by atoms with Crippen LogP contribution in [0, 0.1) is 5.41 Å². The number of nitrogens with one attached hydrogen (secondary N) is 1. The molecule has 5 heteroatoms. The Hall–Kier alpha value is -1.26. The van der Waals surface area contributed by atoms with E-state index in [0.717, 1.165) is 15.8 Å². The lowest BCUT2D eigenvalue weighted by molar-refractivity contribution is 0.0914. The second kappa shape index (κ2) is 5.85. The summed E-state index contributed by atoms with van der Waals surface area (Å²) in [4.78, 5) is 13.0. The van der Waals surface area contributed by atoms with Gasteiger partial charge in [-0.2, -0.15) is 0 Å². The number of methoxy groups -OCH3 is 1. The Morgan fingerprint density at radius 1 is 1.38 bits per heavy atom. The molecule has 0 saturated carbocycles. The molecular weight excluding hydrogens is 306 g/mol. The van der Waals surface area contributed by atoms with E-state index >= 15 is 0 Å². The molecule has 0 bridgehead atoms. The summed E-state index contributed by atoms with van der Waals surface area (Å²) in [5, 5.41) is 4.42. The van der Waals surface area contributed by atoms with E-state index in [4.69, 9.17) is 16.3 Å². The van der Waals surface area contributed by atoms with Gasteiger partial charge in [0, 0.05) is 16.1 Å². The minimum absolute atomic E-state index is 0.00202. The summed E-state index contributed by atoms with van der Waals surface area (Å²) in [6, 6.07) is 5.69. The molecule has 1 amide bonds. The number of rotatable bonds is 3. The van der Waals surface area contributed by atoms with Gasteiger partial charge in [0.25, 0.3) is 5.91 Å². The van der Waals surface area contributed by atoms with Crippen molar-refractivity contribution in [1.82, 2.24) is 5.32 Å². The Morgan fingerprint density at radius 3 is 2.62 bits per heavy atom. The Kier molecular flexibility index (Phi) is 4.49. The van der Waals surface area contributed by atoms with E-state index in [2.05, 4.69) is 26.1 Å². The zero-order valence-electron chi connectivity index (χ0n) is 12.9. The van der Waals surface area contributed by atoms with Crippen molar-refractivity contribution in [2.45, 2.75) is 33.7 Å². The molecule has 114 valence electrons. The van der Waals surface area contributed by atoms with E-state index in [0.29, 0.717) is 9.90 Å². The van der Waals surface area contributed by atoms with Crippen LogP contribution in [0.15, 0.2) is 18.2 Å². The molecule has 1 N–H and O–H groups in total. The maximum atomic E-state index is 12.4. The van der Waals surface area contributed by atoms with Crippen LogP contribution in [0.1, 0.15) is 37.4 Å². The minimum Gasteiger partial charge on any atom is -0.497 e. The molecule has 0 saturated heterocycles. The van der Waals surface area contributed by atoms with E-state index in [1.165, 1.54) is 11.3 Å². The van der Waals surface area contributed by atoms with Crippen molar-refractivity contribution in [3.63, 3.8) is 0 Å². The Bertz CT molecular complexity index is 673. The molecule has 2 aromatic rings. The lowest BCUT2D eigenvalue weighted by Gasteiger charge is -2.27. The molecule has 0 radical (unpaired) electrons. The van der Waals surface area contributed by atoms with Gasteiger partial charge in [-0.15, -0.1) is 11.3 Å². The maximum Gasteiger partial charge on any atom is 0.263 e. The normalized spacial score (nSPS) is 13.2. The summed E-state index contributed by atoms with van der Waals surface area (Å²) in [7, 11) is 1.62. The SMILES string of the molecule is COc1ccc2c(Cl)c(C(=O)NC(C)C(C)(C)C)sc2c1. The van der Waals surface area contributed by atoms with E-state index in [-0.39, 0.29) is 17.4 Å². The molecule has 3 nitrogen and oxygen atoms in total. The molecular formula is C16H20ClNO2S. The summed E-state index contributed by atoms with van der Waals surface area (Å²) in [5.74, 6) is 0.637. The smallest absolute Gasteiger partial charge is 0.263 e. The molecule has 1 heterocycles. The van der Waals surface area contributed by atoms with Crippen LogP contribution in [0.3, 0.4) is 0 Å². The number of hydrogen-bond acceptors (Lipinski definition) is 3. The fourth-order valence-electron chi connectivity index (χ4n) is 1.80. The topological polar surface area (TPSA) is 38.3 Å². The number of benzene rings is 1. The number of fused-ring (bicyclic) bond motifs is 1. The zero-order valence-corrected chi connectivity index (χ0v) is 14.5. The van der Waals surface area contributed by atoms with Crippen LogP contribution in [-0.2, 0) is 0 Å². The first kappa shape index (κ1) is 16.1. The molecule has 0 aliphatic carbocycles. The van der Waals surface area contributed by atoms with Gasteiger partial charge in [0.15, 0.2) is 0 Å². The fraction of sp³-hybridized carbons (Fsp3) is 0.438. The van der Waals surface area contributed by atoms with Gasteiger partial charge < -0.3 is 10.1 Å². The van der Waals surface area contributed by atoms with Crippen LogP contribution in [-0.4, -0.2) is 19.1 Å². The average Bonchev–Trinajstić information content (AvgIpc) is 2.74. The number of amides is 1. The van der Waals surface area contributed by atoms with Crippen molar-refractivity contribution < 1.29 is 9.53 Å². The van der Waals surface area contributed by atoms with Gasteiger partial charge in [0.1, 0.15) is 10.6 Å².